The van der Waals surface area contributed by atoms with Crippen LogP contribution >= 0.6 is 22.7 Å². The highest BCUT2D eigenvalue weighted by Crippen LogP contribution is 2.27. The molecule has 2 aromatic heterocycles. The molecule has 1 aromatic carbocycles. The maximum absolute atomic E-state index is 12.0. The van der Waals surface area contributed by atoms with Crippen LogP contribution in [-0.4, -0.2) is 5.78 Å². The van der Waals surface area contributed by atoms with Crippen LogP contribution < -0.4 is 0 Å². The molecule has 2 heterocycles. The van der Waals surface area contributed by atoms with Gasteiger partial charge in [0.15, 0.2) is 5.78 Å². The molecule has 0 bridgehead atoms. The Bertz CT molecular complexity index is 650. The highest BCUT2D eigenvalue weighted by Gasteiger charge is 2.11. The summed E-state index contributed by atoms with van der Waals surface area (Å²) in [7, 11) is 0. The van der Waals surface area contributed by atoms with E-state index in [0.29, 0.717) is 6.42 Å². The second-order valence-corrected chi connectivity index (χ2v) is 5.69. The summed E-state index contributed by atoms with van der Waals surface area (Å²) < 4.78 is 1.25. The number of thiophene rings is 2. The van der Waals surface area contributed by atoms with Crippen molar-refractivity contribution in [3.8, 4) is 0 Å². The van der Waals surface area contributed by atoms with Crippen LogP contribution in [0.3, 0.4) is 0 Å². The van der Waals surface area contributed by atoms with Gasteiger partial charge in [-0.05, 0) is 33.8 Å². The molecule has 3 rings (SSSR count). The van der Waals surface area contributed by atoms with Crippen LogP contribution in [0.5, 0.6) is 0 Å². The first-order valence-corrected chi connectivity index (χ1v) is 7.12. The molecule has 84 valence electrons. The van der Waals surface area contributed by atoms with E-state index in [4.69, 9.17) is 0 Å². The summed E-state index contributed by atoms with van der Waals surface area (Å²) in [6.07, 6.45) is 0.504. The lowest BCUT2D eigenvalue weighted by molar-refractivity contribution is 0.0997. The molecule has 0 aliphatic carbocycles. The van der Waals surface area contributed by atoms with Gasteiger partial charge in [-0.25, -0.2) is 0 Å². The maximum atomic E-state index is 12.0. The third kappa shape index (κ3) is 2.04. The van der Waals surface area contributed by atoms with Gasteiger partial charge in [0, 0.05) is 11.1 Å². The molecule has 3 aromatic rings. The number of rotatable bonds is 3. The zero-order chi connectivity index (χ0) is 11.7. The number of carbonyl (C=O) groups is 1. The van der Waals surface area contributed by atoms with E-state index in [9.17, 15) is 4.79 Å². The minimum atomic E-state index is 0.212. The van der Waals surface area contributed by atoms with E-state index in [1.165, 1.54) is 21.4 Å². The molecule has 0 spiro atoms. The third-order valence-electron chi connectivity index (χ3n) is 2.71. The Morgan fingerprint density at radius 2 is 1.94 bits per heavy atom. The largest absolute Gasteiger partial charge is 0.293 e. The van der Waals surface area contributed by atoms with Gasteiger partial charge in [0.25, 0.3) is 0 Å². The predicted molar refractivity (Wildman–Crippen MR) is 74.2 cm³/mol. The SMILES string of the molecule is O=C(Cc1csc2ccccc12)c1cccs1. The van der Waals surface area contributed by atoms with E-state index in [1.54, 1.807) is 11.3 Å². The fraction of sp³-hybridized carbons (Fsp3) is 0.0714. The monoisotopic (exact) mass is 258 g/mol. The van der Waals surface area contributed by atoms with Gasteiger partial charge in [-0.15, -0.1) is 22.7 Å². The Kier molecular flexibility index (Phi) is 2.79. The van der Waals surface area contributed by atoms with Crippen LogP contribution in [0.15, 0.2) is 47.2 Å². The lowest BCUT2D eigenvalue weighted by Crippen LogP contribution is -2.00. The van der Waals surface area contributed by atoms with Crippen molar-refractivity contribution in [3.63, 3.8) is 0 Å². The molecule has 0 aliphatic rings. The molecule has 3 heteroatoms. The van der Waals surface area contributed by atoms with Crippen molar-refractivity contribution in [1.82, 2.24) is 0 Å². The topological polar surface area (TPSA) is 17.1 Å². The average Bonchev–Trinajstić information content (AvgIpc) is 2.98. The van der Waals surface area contributed by atoms with Crippen LogP contribution in [0.4, 0.5) is 0 Å². The van der Waals surface area contributed by atoms with Gasteiger partial charge >= 0.3 is 0 Å². The molecular weight excluding hydrogens is 248 g/mol. The molecule has 0 saturated carbocycles. The first kappa shape index (κ1) is 10.7. The van der Waals surface area contributed by atoms with Crippen molar-refractivity contribution < 1.29 is 4.79 Å². The molecule has 1 nitrogen and oxygen atoms in total. The summed E-state index contributed by atoms with van der Waals surface area (Å²) in [5, 5.41) is 5.25. The van der Waals surface area contributed by atoms with Gasteiger partial charge < -0.3 is 0 Å². The normalized spacial score (nSPS) is 10.8. The molecule has 0 N–H and O–H groups in total. The van der Waals surface area contributed by atoms with E-state index in [-0.39, 0.29) is 5.78 Å². The lowest BCUT2D eigenvalue weighted by atomic mass is 10.1. The van der Waals surface area contributed by atoms with Gasteiger partial charge in [-0.1, -0.05) is 24.3 Å². The summed E-state index contributed by atoms with van der Waals surface area (Å²) >= 11 is 3.22. The maximum Gasteiger partial charge on any atom is 0.177 e. The second kappa shape index (κ2) is 4.43. The van der Waals surface area contributed by atoms with Crippen molar-refractivity contribution >= 4 is 38.5 Å². The van der Waals surface area contributed by atoms with Crippen molar-refractivity contribution in [2.45, 2.75) is 6.42 Å². The van der Waals surface area contributed by atoms with E-state index in [2.05, 4.69) is 17.5 Å². The van der Waals surface area contributed by atoms with E-state index >= 15 is 0 Å². The van der Waals surface area contributed by atoms with Crippen LogP contribution in [-0.2, 0) is 6.42 Å². The van der Waals surface area contributed by atoms with Gasteiger partial charge in [0.05, 0.1) is 4.88 Å². The molecule has 0 amide bonds. The lowest BCUT2D eigenvalue weighted by Gasteiger charge is -1.97. The minimum absolute atomic E-state index is 0.212. The van der Waals surface area contributed by atoms with Crippen molar-refractivity contribution in [3.05, 3.63) is 57.6 Å². The standard InChI is InChI=1S/C14H10OS2/c15-12(14-6-3-7-16-14)8-10-9-17-13-5-2-1-4-11(10)13/h1-7,9H,8H2. The fourth-order valence-electron chi connectivity index (χ4n) is 1.87. The second-order valence-electron chi connectivity index (χ2n) is 3.83. The van der Waals surface area contributed by atoms with E-state index in [1.807, 2.05) is 29.6 Å². The third-order valence-corrected chi connectivity index (χ3v) is 4.63. The number of Topliss-reactive ketones (excluding diaryl/α,β-unsaturated/α-hetero) is 1. The molecule has 0 aliphatic heterocycles. The number of benzene rings is 1. The molecule has 17 heavy (non-hydrogen) atoms. The summed E-state index contributed by atoms with van der Waals surface area (Å²) in [4.78, 5) is 12.9. The minimum Gasteiger partial charge on any atom is -0.293 e. The number of hydrogen-bond donors (Lipinski definition) is 0. The number of carbonyl (C=O) groups excluding carboxylic acids is 1. The molecule has 0 unspecified atom stereocenters. The first-order chi connectivity index (χ1) is 8.34. The molecule has 0 saturated heterocycles. The van der Waals surface area contributed by atoms with Crippen molar-refractivity contribution in [1.29, 1.82) is 0 Å². The summed E-state index contributed by atoms with van der Waals surface area (Å²) in [6.45, 7) is 0. The summed E-state index contributed by atoms with van der Waals surface area (Å²) in [6, 6.07) is 12.0. The van der Waals surface area contributed by atoms with Crippen LogP contribution in [0.2, 0.25) is 0 Å². The smallest absolute Gasteiger partial charge is 0.177 e. The molecule has 0 radical (unpaired) electrons. The predicted octanol–water partition coefficient (Wildman–Crippen LogP) is 4.39. The Morgan fingerprint density at radius 1 is 1.06 bits per heavy atom. The Balaban J connectivity index is 1.93. The number of fused-ring (bicyclic) bond motifs is 1. The summed E-state index contributed by atoms with van der Waals surface area (Å²) in [5.74, 6) is 0.212. The molecule has 0 fully saturated rings. The van der Waals surface area contributed by atoms with Gasteiger partial charge in [-0.2, -0.15) is 0 Å². The Hall–Kier alpha value is -1.45. The van der Waals surface area contributed by atoms with Crippen LogP contribution in [0.25, 0.3) is 10.1 Å². The first-order valence-electron chi connectivity index (χ1n) is 5.36. The van der Waals surface area contributed by atoms with Gasteiger partial charge in [-0.3, -0.25) is 4.79 Å². The van der Waals surface area contributed by atoms with Crippen molar-refractivity contribution in [2.24, 2.45) is 0 Å². The molecular formula is C14H10OS2. The van der Waals surface area contributed by atoms with Crippen LogP contribution in [0.1, 0.15) is 15.2 Å². The zero-order valence-corrected chi connectivity index (χ0v) is 10.7. The Morgan fingerprint density at radius 3 is 2.76 bits per heavy atom. The highest BCUT2D eigenvalue weighted by molar-refractivity contribution is 7.17. The highest BCUT2D eigenvalue weighted by atomic mass is 32.1. The van der Waals surface area contributed by atoms with E-state index in [0.717, 1.165) is 10.4 Å². The zero-order valence-electron chi connectivity index (χ0n) is 9.05. The Labute approximate surface area is 107 Å². The fourth-order valence-corrected chi connectivity index (χ4v) is 3.49. The quantitative estimate of drug-likeness (QED) is 0.637. The number of hydrogen-bond acceptors (Lipinski definition) is 3. The van der Waals surface area contributed by atoms with Crippen molar-refractivity contribution in [2.75, 3.05) is 0 Å². The number of ketones is 1. The van der Waals surface area contributed by atoms with Crippen LogP contribution in [0, 0.1) is 0 Å². The molecule has 0 atom stereocenters. The van der Waals surface area contributed by atoms with E-state index < -0.39 is 0 Å². The van der Waals surface area contributed by atoms with Gasteiger partial charge in [0.2, 0.25) is 0 Å². The summed E-state index contributed by atoms with van der Waals surface area (Å²) in [5.41, 5.74) is 1.14. The van der Waals surface area contributed by atoms with Gasteiger partial charge in [0.1, 0.15) is 0 Å². The average molecular weight is 258 g/mol.